The van der Waals surface area contributed by atoms with Gasteiger partial charge in [-0.1, -0.05) is 55.7 Å². The minimum Gasteiger partial charge on any atom is -0.347 e. The number of carbonyl (C=O) groups excluding carboxylic acids is 2. The SMILES string of the molecule is N#CC1(NC(=O)CNC(=O)Cc2nc3ccc(-c4ccccc4)cc3s2)CCCCC1. The summed E-state index contributed by atoms with van der Waals surface area (Å²) in [5.41, 5.74) is 2.32. The molecule has 2 N–H and O–H groups in total. The molecule has 0 radical (unpaired) electrons. The minimum absolute atomic E-state index is 0.122. The number of hydrogen-bond donors (Lipinski definition) is 2. The monoisotopic (exact) mass is 432 g/mol. The summed E-state index contributed by atoms with van der Waals surface area (Å²) in [6.07, 6.45) is 4.41. The van der Waals surface area contributed by atoms with Crippen molar-refractivity contribution in [2.75, 3.05) is 6.54 Å². The highest BCUT2D eigenvalue weighted by molar-refractivity contribution is 7.18. The largest absolute Gasteiger partial charge is 0.347 e. The van der Waals surface area contributed by atoms with Crippen LogP contribution in [-0.4, -0.2) is 28.9 Å². The number of nitriles is 1. The summed E-state index contributed by atoms with van der Waals surface area (Å²) in [5, 5.41) is 15.6. The molecule has 7 heteroatoms. The van der Waals surface area contributed by atoms with Crippen molar-refractivity contribution >= 4 is 33.4 Å². The molecule has 6 nitrogen and oxygen atoms in total. The van der Waals surface area contributed by atoms with Crippen molar-refractivity contribution in [3.05, 3.63) is 53.5 Å². The smallest absolute Gasteiger partial charge is 0.240 e. The van der Waals surface area contributed by atoms with E-state index in [-0.39, 0.29) is 24.8 Å². The molecule has 2 aromatic carbocycles. The second-order valence-corrected chi connectivity index (χ2v) is 9.03. The number of carbonyl (C=O) groups is 2. The Morgan fingerprint density at radius 1 is 1.03 bits per heavy atom. The van der Waals surface area contributed by atoms with Gasteiger partial charge in [-0.2, -0.15) is 5.26 Å². The highest BCUT2D eigenvalue weighted by atomic mass is 32.1. The maximum absolute atomic E-state index is 12.3. The van der Waals surface area contributed by atoms with Crippen LogP contribution in [0, 0.1) is 11.3 Å². The van der Waals surface area contributed by atoms with Crippen molar-refractivity contribution in [3.63, 3.8) is 0 Å². The first-order valence-electron chi connectivity index (χ1n) is 10.5. The molecule has 4 rings (SSSR count). The topological polar surface area (TPSA) is 94.9 Å². The molecule has 1 aliphatic carbocycles. The van der Waals surface area contributed by atoms with Crippen LogP contribution in [0.2, 0.25) is 0 Å². The van der Waals surface area contributed by atoms with E-state index < -0.39 is 5.54 Å². The number of benzene rings is 2. The standard InChI is InChI=1S/C24H24N4O2S/c25-16-24(11-5-2-6-12-24)28-22(30)15-26-21(29)14-23-27-19-10-9-18(13-20(19)31-23)17-7-3-1-4-8-17/h1,3-4,7-10,13H,2,5-6,11-12,14-15H2,(H,26,29)(H,28,30). The van der Waals surface area contributed by atoms with E-state index in [4.69, 9.17) is 0 Å². The van der Waals surface area contributed by atoms with Crippen LogP contribution in [0.1, 0.15) is 37.1 Å². The van der Waals surface area contributed by atoms with Crippen molar-refractivity contribution in [2.24, 2.45) is 0 Å². The van der Waals surface area contributed by atoms with E-state index in [0.29, 0.717) is 17.8 Å². The molecule has 0 atom stereocenters. The molecule has 158 valence electrons. The van der Waals surface area contributed by atoms with Gasteiger partial charge < -0.3 is 10.6 Å². The second kappa shape index (κ2) is 9.27. The van der Waals surface area contributed by atoms with Crippen LogP contribution >= 0.6 is 11.3 Å². The van der Waals surface area contributed by atoms with Crippen LogP contribution in [0.25, 0.3) is 21.3 Å². The summed E-state index contributed by atoms with van der Waals surface area (Å²) in [7, 11) is 0. The van der Waals surface area contributed by atoms with E-state index in [1.54, 1.807) is 0 Å². The molecule has 1 fully saturated rings. The van der Waals surface area contributed by atoms with E-state index >= 15 is 0 Å². The molecule has 0 aliphatic heterocycles. The highest BCUT2D eigenvalue weighted by Crippen LogP contribution is 2.29. The van der Waals surface area contributed by atoms with E-state index in [1.807, 2.05) is 30.3 Å². The number of thiazole rings is 1. The summed E-state index contributed by atoms with van der Waals surface area (Å²) in [6.45, 7) is -0.134. The zero-order valence-corrected chi connectivity index (χ0v) is 18.0. The zero-order chi connectivity index (χ0) is 21.7. The quantitative estimate of drug-likeness (QED) is 0.616. The molecular weight excluding hydrogens is 408 g/mol. The number of aromatic nitrogens is 1. The summed E-state index contributed by atoms with van der Waals surface area (Å²) in [6, 6.07) is 18.5. The fourth-order valence-electron chi connectivity index (χ4n) is 3.97. The normalized spacial score (nSPS) is 15.2. The maximum atomic E-state index is 12.3. The predicted octanol–water partition coefficient (Wildman–Crippen LogP) is 3.96. The van der Waals surface area contributed by atoms with Crippen molar-refractivity contribution in [3.8, 4) is 17.2 Å². The maximum Gasteiger partial charge on any atom is 0.240 e. The summed E-state index contributed by atoms with van der Waals surface area (Å²) >= 11 is 1.48. The Morgan fingerprint density at radius 3 is 2.55 bits per heavy atom. The molecular formula is C24H24N4O2S. The lowest BCUT2D eigenvalue weighted by atomic mass is 9.83. The van der Waals surface area contributed by atoms with Crippen molar-refractivity contribution < 1.29 is 9.59 Å². The number of fused-ring (bicyclic) bond motifs is 1. The van der Waals surface area contributed by atoms with E-state index in [9.17, 15) is 14.9 Å². The van der Waals surface area contributed by atoms with Crippen molar-refractivity contribution in [1.82, 2.24) is 15.6 Å². The molecule has 31 heavy (non-hydrogen) atoms. The first-order chi connectivity index (χ1) is 15.1. The van der Waals surface area contributed by atoms with Crippen LogP contribution in [0.5, 0.6) is 0 Å². The molecule has 0 saturated heterocycles. The van der Waals surface area contributed by atoms with Crippen molar-refractivity contribution in [1.29, 1.82) is 5.26 Å². The summed E-state index contributed by atoms with van der Waals surface area (Å²) in [5.74, 6) is -0.583. The summed E-state index contributed by atoms with van der Waals surface area (Å²) in [4.78, 5) is 29.1. The molecule has 0 unspecified atom stereocenters. The Labute approximate surface area is 185 Å². The Kier molecular flexibility index (Phi) is 6.28. The van der Waals surface area contributed by atoms with Gasteiger partial charge in [0.1, 0.15) is 10.5 Å². The molecule has 0 bridgehead atoms. The molecule has 3 aromatic rings. The number of hydrogen-bond acceptors (Lipinski definition) is 5. The fourth-order valence-corrected chi connectivity index (χ4v) is 4.97. The fraction of sp³-hybridized carbons (Fsp3) is 0.333. The van der Waals surface area contributed by atoms with Gasteiger partial charge in [-0.15, -0.1) is 11.3 Å². The molecule has 1 saturated carbocycles. The van der Waals surface area contributed by atoms with Gasteiger partial charge in [-0.3, -0.25) is 9.59 Å². The zero-order valence-electron chi connectivity index (χ0n) is 17.2. The van der Waals surface area contributed by atoms with Crippen LogP contribution < -0.4 is 10.6 Å². The lowest BCUT2D eigenvalue weighted by molar-refractivity contribution is -0.126. The molecule has 1 heterocycles. The van der Waals surface area contributed by atoms with E-state index in [0.717, 1.165) is 40.6 Å². The molecule has 1 aromatic heterocycles. The number of nitrogens with one attached hydrogen (secondary N) is 2. The van der Waals surface area contributed by atoms with Gasteiger partial charge in [-0.25, -0.2) is 4.98 Å². The van der Waals surface area contributed by atoms with Gasteiger partial charge in [0.05, 0.1) is 29.3 Å². The Balaban J connectivity index is 1.34. The van der Waals surface area contributed by atoms with Gasteiger partial charge in [0.25, 0.3) is 0 Å². The van der Waals surface area contributed by atoms with Crippen LogP contribution in [-0.2, 0) is 16.0 Å². The van der Waals surface area contributed by atoms with Crippen LogP contribution in [0.4, 0.5) is 0 Å². The molecule has 0 spiro atoms. The second-order valence-electron chi connectivity index (χ2n) is 7.91. The Hall–Kier alpha value is -3.24. The third kappa shape index (κ3) is 5.09. The summed E-state index contributed by atoms with van der Waals surface area (Å²) < 4.78 is 1.02. The van der Waals surface area contributed by atoms with Crippen LogP contribution in [0.3, 0.4) is 0 Å². The number of rotatable bonds is 6. The van der Waals surface area contributed by atoms with Gasteiger partial charge in [-0.05, 0) is 36.1 Å². The van der Waals surface area contributed by atoms with Crippen LogP contribution in [0.15, 0.2) is 48.5 Å². The van der Waals surface area contributed by atoms with Gasteiger partial charge in [0, 0.05) is 0 Å². The first-order valence-corrected chi connectivity index (χ1v) is 11.3. The predicted molar refractivity (Wildman–Crippen MR) is 121 cm³/mol. The molecule has 2 amide bonds. The average Bonchev–Trinajstić information content (AvgIpc) is 3.20. The Morgan fingerprint density at radius 2 is 1.81 bits per heavy atom. The van der Waals surface area contributed by atoms with E-state index in [1.165, 1.54) is 11.3 Å². The average molecular weight is 433 g/mol. The van der Waals surface area contributed by atoms with Gasteiger partial charge in [0.2, 0.25) is 11.8 Å². The van der Waals surface area contributed by atoms with Crippen molar-refractivity contribution in [2.45, 2.75) is 44.1 Å². The number of nitrogens with zero attached hydrogens (tertiary/aromatic N) is 2. The Bertz CT molecular complexity index is 1130. The van der Waals surface area contributed by atoms with E-state index in [2.05, 4.69) is 39.9 Å². The van der Waals surface area contributed by atoms with Gasteiger partial charge >= 0.3 is 0 Å². The number of amides is 2. The lowest BCUT2D eigenvalue weighted by Gasteiger charge is -2.31. The lowest BCUT2D eigenvalue weighted by Crippen LogP contribution is -2.51. The molecule has 1 aliphatic rings. The van der Waals surface area contributed by atoms with Gasteiger partial charge in [0.15, 0.2) is 0 Å². The minimum atomic E-state index is -0.788. The first kappa shape index (κ1) is 21.0. The third-order valence-electron chi connectivity index (χ3n) is 5.60. The highest BCUT2D eigenvalue weighted by Gasteiger charge is 2.33. The third-order valence-corrected chi connectivity index (χ3v) is 6.62.